The van der Waals surface area contributed by atoms with E-state index in [1.807, 2.05) is 18.2 Å². The quantitative estimate of drug-likeness (QED) is 0.854. The van der Waals surface area contributed by atoms with Crippen molar-refractivity contribution in [3.8, 4) is 0 Å². The fourth-order valence-corrected chi connectivity index (χ4v) is 2.46. The van der Waals surface area contributed by atoms with Gasteiger partial charge in [-0.2, -0.15) is 0 Å². The van der Waals surface area contributed by atoms with Crippen LogP contribution in [-0.2, 0) is 0 Å². The van der Waals surface area contributed by atoms with Crippen LogP contribution >= 0.6 is 24.8 Å². The maximum absolute atomic E-state index is 13.7. The van der Waals surface area contributed by atoms with Gasteiger partial charge in [0, 0.05) is 32.2 Å². The summed E-state index contributed by atoms with van der Waals surface area (Å²) in [6.07, 6.45) is 2.78. The van der Waals surface area contributed by atoms with Gasteiger partial charge >= 0.3 is 0 Å². The van der Waals surface area contributed by atoms with E-state index in [0.29, 0.717) is 5.56 Å². The van der Waals surface area contributed by atoms with E-state index in [4.69, 9.17) is 0 Å². The first-order valence-electron chi connectivity index (χ1n) is 6.54. The summed E-state index contributed by atoms with van der Waals surface area (Å²) in [4.78, 5) is 2.41. The van der Waals surface area contributed by atoms with E-state index in [1.165, 1.54) is 0 Å². The normalized spacial score (nSPS) is 16.7. The number of nitrogens with zero attached hydrogens (tertiary/aromatic N) is 1. The molecule has 1 atom stereocenters. The minimum absolute atomic E-state index is 0. The SMILES string of the molecule is C=CC[C@H](c1ccc(C)c(F)c1)N1CCNCC1.Cl.Cl. The number of rotatable bonds is 4. The lowest BCUT2D eigenvalue weighted by atomic mass is 9.99. The van der Waals surface area contributed by atoms with Crippen LogP contribution < -0.4 is 5.32 Å². The van der Waals surface area contributed by atoms with Crippen molar-refractivity contribution in [2.24, 2.45) is 0 Å². The predicted molar refractivity (Wildman–Crippen MR) is 87.6 cm³/mol. The summed E-state index contributed by atoms with van der Waals surface area (Å²) in [5.41, 5.74) is 1.76. The largest absolute Gasteiger partial charge is 0.314 e. The smallest absolute Gasteiger partial charge is 0.126 e. The predicted octanol–water partition coefficient (Wildman–Crippen LogP) is 3.50. The van der Waals surface area contributed by atoms with E-state index in [2.05, 4.69) is 16.8 Å². The molecular weight excluding hydrogens is 298 g/mol. The van der Waals surface area contributed by atoms with E-state index in [-0.39, 0.29) is 36.7 Å². The Morgan fingerprint density at radius 3 is 2.55 bits per heavy atom. The van der Waals surface area contributed by atoms with Crippen LogP contribution in [0.3, 0.4) is 0 Å². The fourth-order valence-electron chi connectivity index (χ4n) is 2.46. The van der Waals surface area contributed by atoms with E-state index in [0.717, 1.165) is 38.2 Å². The highest BCUT2D eigenvalue weighted by molar-refractivity contribution is 5.85. The Bertz CT molecular complexity index is 420. The molecule has 0 radical (unpaired) electrons. The Hall–Kier alpha value is -0.610. The molecule has 1 fully saturated rings. The molecule has 0 amide bonds. The van der Waals surface area contributed by atoms with E-state index in [1.54, 1.807) is 13.0 Å². The molecule has 0 unspecified atom stereocenters. The van der Waals surface area contributed by atoms with Crippen LogP contribution in [0.15, 0.2) is 30.9 Å². The number of nitrogens with one attached hydrogen (secondary N) is 1. The van der Waals surface area contributed by atoms with Crippen LogP contribution in [-0.4, -0.2) is 31.1 Å². The van der Waals surface area contributed by atoms with Crippen LogP contribution in [0.4, 0.5) is 4.39 Å². The summed E-state index contributed by atoms with van der Waals surface area (Å²) in [6, 6.07) is 5.82. The third-order valence-corrected chi connectivity index (χ3v) is 3.56. The van der Waals surface area contributed by atoms with Crippen LogP contribution in [0.5, 0.6) is 0 Å². The number of aryl methyl sites for hydroxylation is 1. The molecule has 1 aliphatic rings. The van der Waals surface area contributed by atoms with Crippen molar-refractivity contribution in [3.05, 3.63) is 47.8 Å². The number of benzene rings is 1. The molecule has 1 N–H and O–H groups in total. The summed E-state index contributed by atoms with van der Waals surface area (Å²) in [5.74, 6) is -0.114. The van der Waals surface area contributed by atoms with Crippen molar-refractivity contribution in [1.29, 1.82) is 0 Å². The molecule has 1 aromatic rings. The Kier molecular flexibility index (Phi) is 9.06. The van der Waals surface area contributed by atoms with Gasteiger partial charge in [-0.3, -0.25) is 4.90 Å². The molecule has 1 aliphatic heterocycles. The minimum atomic E-state index is -0.114. The Labute approximate surface area is 133 Å². The van der Waals surface area contributed by atoms with E-state index < -0.39 is 0 Å². The van der Waals surface area contributed by atoms with Crippen molar-refractivity contribution >= 4 is 24.8 Å². The highest BCUT2D eigenvalue weighted by Gasteiger charge is 2.21. The van der Waals surface area contributed by atoms with Crippen molar-refractivity contribution in [3.63, 3.8) is 0 Å². The number of hydrogen-bond donors (Lipinski definition) is 1. The van der Waals surface area contributed by atoms with Gasteiger partial charge in [0.05, 0.1) is 0 Å². The minimum Gasteiger partial charge on any atom is -0.314 e. The first-order valence-corrected chi connectivity index (χ1v) is 6.54. The molecule has 1 heterocycles. The van der Waals surface area contributed by atoms with Gasteiger partial charge in [0.25, 0.3) is 0 Å². The molecule has 114 valence electrons. The van der Waals surface area contributed by atoms with Crippen molar-refractivity contribution in [2.45, 2.75) is 19.4 Å². The summed E-state index contributed by atoms with van der Waals surface area (Å²) >= 11 is 0. The summed E-state index contributed by atoms with van der Waals surface area (Å²) < 4.78 is 13.7. The highest BCUT2D eigenvalue weighted by atomic mass is 35.5. The molecular formula is C15H23Cl2FN2. The second-order valence-electron chi connectivity index (χ2n) is 4.83. The average Bonchev–Trinajstić information content (AvgIpc) is 2.40. The molecule has 1 saturated heterocycles. The zero-order chi connectivity index (χ0) is 13.0. The average molecular weight is 321 g/mol. The maximum atomic E-state index is 13.7. The Morgan fingerprint density at radius 1 is 1.35 bits per heavy atom. The second-order valence-corrected chi connectivity index (χ2v) is 4.83. The standard InChI is InChI=1S/C15H21FN2.2ClH/c1-3-4-15(18-9-7-17-8-10-18)13-6-5-12(2)14(16)11-13;;/h3,5-6,11,15,17H,1,4,7-10H2,2H3;2*1H/t15-;;/m1../s1. The van der Waals surface area contributed by atoms with Crippen molar-refractivity contribution in [2.75, 3.05) is 26.2 Å². The monoisotopic (exact) mass is 320 g/mol. The summed E-state index contributed by atoms with van der Waals surface area (Å²) in [7, 11) is 0. The summed E-state index contributed by atoms with van der Waals surface area (Å²) in [5, 5.41) is 3.34. The summed E-state index contributed by atoms with van der Waals surface area (Å²) in [6.45, 7) is 9.64. The lowest BCUT2D eigenvalue weighted by Crippen LogP contribution is -2.45. The molecule has 0 aromatic heterocycles. The van der Waals surface area contributed by atoms with Crippen molar-refractivity contribution in [1.82, 2.24) is 10.2 Å². The first kappa shape index (κ1) is 19.4. The third-order valence-electron chi connectivity index (χ3n) is 3.56. The molecule has 0 spiro atoms. The first-order chi connectivity index (χ1) is 8.72. The van der Waals surface area contributed by atoms with E-state index >= 15 is 0 Å². The molecule has 0 aliphatic carbocycles. The van der Waals surface area contributed by atoms with Gasteiger partial charge in [0.2, 0.25) is 0 Å². The molecule has 2 nitrogen and oxygen atoms in total. The maximum Gasteiger partial charge on any atom is 0.126 e. The zero-order valence-corrected chi connectivity index (χ0v) is 13.4. The van der Waals surface area contributed by atoms with Gasteiger partial charge in [-0.15, -0.1) is 31.4 Å². The van der Waals surface area contributed by atoms with Crippen LogP contribution in [0.25, 0.3) is 0 Å². The van der Waals surface area contributed by atoms with Crippen molar-refractivity contribution < 1.29 is 4.39 Å². The molecule has 5 heteroatoms. The Morgan fingerprint density at radius 2 is 2.00 bits per heavy atom. The van der Waals surface area contributed by atoms with Gasteiger partial charge in [0.1, 0.15) is 5.82 Å². The lowest BCUT2D eigenvalue weighted by molar-refractivity contribution is 0.174. The molecule has 1 aromatic carbocycles. The van der Waals surface area contributed by atoms with Gasteiger partial charge in [-0.05, 0) is 30.5 Å². The number of piperazine rings is 1. The molecule has 0 bridgehead atoms. The molecule has 0 saturated carbocycles. The van der Waals surface area contributed by atoms with Crippen LogP contribution in [0.2, 0.25) is 0 Å². The highest BCUT2D eigenvalue weighted by Crippen LogP contribution is 2.26. The van der Waals surface area contributed by atoms with Crippen LogP contribution in [0.1, 0.15) is 23.6 Å². The van der Waals surface area contributed by atoms with Gasteiger partial charge in [-0.1, -0.05) is 18.2 Å². The van der Waals surface area contributed by atoms with E-state index in [9.17, 15) is 4.39 Å². The number of hydrogen-bond acceptors (Lipinski definition) is 2. The fraction of sp³-hybridized carbons (Fsp3) is 0.467. The number of halogens is 3. The van der Waals surface area contributed by atoms with Gasteiger partial charge in [-0.25, -0.2) is 4.39 Å². The molecule has 20 heavy (non-hydrogen) atoms. The lowest BCUT2D eigenvalue weighted by Gasteiger charge is -2.34. The van der Waals surface area contributed by atoms with Gasteiger partial charge in [0.15, 0.2) is 0 Å². The Balaban J connectivity index is 0.00000180. The molecule has 2 rings (SSSR count). The van der Waals surface area contributed by atoms with Gasteiger partial charge < -0.3 is 5.32 Å². The third kappa shape index (κ3) is 4.74. The van der Waals surface area contributed by atoms with Crippen LogP contribution in [0, 0.1) is 12.7 Å². The second kappa shape index (κ2) is 9.35. The topological polar surface area (TPSA) is 15.3 Å². The zero-order valence-electron chi connectivity index (χ0n) is 11.8.